The predicted molar refractivity (Wildman–Crippen MR) is 111 cm³/mol. The van der Waals surface area contributed by atoms with E-state index >= 15 is 0 Å². The summed E-state index contributed by atoms with van der Waals surface area (Å²) in [4.78, 5) is 15.0. The van der Waals surface area contributed by atoms with Crippen molar-refractivity contribution in [2.75, 3.05) is 32.7 Å². The number of hydroxylamine groups is 3. The van der Waals surface area contributed by atoms with Crippen LogP contribution in [0.5, 0.6) is 0 Å². The monoisotopic (exact) mass is 413 g/mol. The first-order chi connectivity index (χ1) is 14.5. The van der Waals surface area contributed by atoms with E-state index in [0.29, 0.717) is 24.6 Å². The largest absolute Gasteiger partial charge is 0.625 e. The molecule has 5 rings (SSSR count). The standard InChI is InChI=1S/C23H28FN3O3/c24-18-6-7-20-21(14-18)30-25-22(20)16-8-11-26(12-9-16)10-3-13-27(29)15-17-4-1-2-5-19(17)23(27)28/h4,6-7,14,16,19H,1-3,5,8-13,15H2. The lowest BCUT2D eigenvalue weighted by Crippen LogP contribution is -2.46. The van der Waals surface area contributed by atoms with Gasteiger partial charge >= 0.3 is 5.91 Å². The lowest BCUT2D eigenvalue weighted by atomic mass is 9.90. The van der Waals surface area contributed by atoms with Crippen molar-refractivity contribution in [2.24, 2.45) is 5.92 Å². The minimum Gasteiger partial charge on any atom is -0.625 e. The van der Waals surface area contributed by atoms with Crippen LogP contribution in [0.15, 0.2) is 34.4 Å². The van der Waals surface area contributed by atoms with E-state index in [9.17, 15) is 14.4 Å². The van der Waals surface area contributed by atoms with Gasteiger partial charge in [-0.1, -0.05) is 11.2 Å². The summed E-state index contributed by atoms with van der Waals surface area (Å²) < 4.78 is 18.0. The fourth-order valence-corrected chi connectivity index (χ4v) is 5.45. The molecule has 3 aliphatic rings. The molecule has 2 aliphatic heterocycles. The Morgan fingerprint density at radius 1 is 1.27 bits per heavy atom. The highest BCUT2D eigenvalue weighted by atomic mass is 19.1. The molecule has 7 heteroatoms. The van der Waals surface area contributed by atoms with E-state index in [-0.39, 0.29) is 17.6 Å². The Labute approximate surface area is 175 Å². The molecule has 160 valence electrons. The number of carbonyl (C=O) groups is 1. The van der Waals surface area contributed by atoms with Crippen LogP contribution < -0.4 is 0 Å². The molecular weight excluding hydrogens is 385 g/mol. The van der Waals surface area contributed by atoms with Crippen LogP contribution in [0.1, 0.15) is 50.1 Å². The summed E-state index contributed by atoms with van der Waals surface area (Å²) in [7, 11) is 0. The molecule has 2 saturated heterocycles. The van der Waals surface area contributed by atoms with Crippen LogP contribution in [-0.2, 0) is 4.79 Å². The molecule has 0 bridgehead atoms. The van der Waals surface area contributed by atoms with E-state index in [1.165, 1.54) is 12.1 Å². The number of aromatic nitrogens is 1. The van der Waals surface area contributed by atoms with Gasteiger partial charge in [-0.15, -0.1) is 0 Å². The first-order valence-electron chi connectivity index (χ1n) is 11.1. The number of allylic oxidation sites excluding steroid dienone is 1. The zero-order chi connectivity index (χ0) is 20.7. The maximum atomic E-state index is 13.4. The lowest BCUT2D eigenvalue weighted by molar-refractivity contribution is -0.793. The number of quaternary nitrogens is 1. The van der Waals surface area contributed by atoms with Crippen LogP contribution in [0.25, 0.3) is 11.0 Å². The van der Waals surface area contributed by atoms with E-state index in [0.717, 1.165) is 74.8 Å². The maximum Gasteiger partial charge on any atom is 0.321 e. The molecule has 0 N–H and O–H groups in total. The van der Waals surface area contributed by atoms with Gasteiger partial charge in [0.2, 0.25) is 0 Å². The molecule has 1 aliphatic carbocycles. The molecule has 1 aromatic carbocycles. The third-order valence-corrected chi connectivity index (χ3v) is 7.12. The van der Waals surface area contributed by atoms with E-state index in [1.807, 2.05) is 0 Å². The first-order valence-corrected chi connectivity index (χ1v) is 11.1. The minimum absolute atomic E-state index is 0.113. The Kier molecular flexibility index (Phi) is 5.21. The van der Waals surface area contributed by atoms with Gasteiger partial charge in [0, 0.05) is 30.3 Å². The smallest absolute Gasteiger partial charge is 0.321 e. The molecule has 3 heterocycles. The number of benzene rings is 1. The first kappa shape index (κ1) is 19.8. The summed E-state index contributed by atoms with van der Waals surface area (Å²) in [5.41, 5.74) is 2.51. The summed E-state index contributed by atoms with van der Waals surface area (Å²) >= 11 is 0. The van der Waals surface area contributed by atoms with Gasteiger partial charge in [0.05, 0.1) is 12.2 Å². The molecule has 2 fully saturated rings. The van der Waals surface area contributed by atoms with Crippen LogP contribution in [0.2, 0.25) is 0 Å². The third-order valence-electron chi connectivity index (χ3n) is 7.12. The maximum absolute atomic E-state index is 13.4. The number of hydrogen-bond acceptors (Lipinski definition) is 5. The molecule has 2 atom stereocenters. The van der Waals surface area contributed by atoms with Gasteiger partial charge in [-0.05, 0) is 62.9 Å². The Hall–Kier alpha value is -2.09. The SMILES string of the molecule is O=C1C2CCCC=C2C[N+]1([O-])CCCN1CCC(c2noc3cc(F)ccc23)CC1. The Balaban J connectivity index is 1.13. The van der Waals surface area contributed by atoms with Gasteiger partial charge in [0.25, 0.3) is 0 Å². The quantitative estimate of drug-likeness (QED) is 0.419. The number of nitrogens with zero attached hydrogens (tertiary/aromatic N) is 3. The molecule has 0 radical (unpaired) electrons. The molecule has 1 aromatic heterocycles. The number of fused-ring (bicyclic) bond motifs is 2. The van der Waals surface area contributed by atoms with Gasteiger partial charge in [0.1, 0.15) is 18.3 Å². The van der Waals surface area contributed by atoms with Crippen molar-refractivity contribution in [3.8, 4) is 0 Å². The molecule has 2 unspecified atom stereocenters. The summed E-state index contributed by atoms with van der Waals surface area (Å²) in [5, 5.41) is 18.2. The lowest BCUT2D eigenvalue weighted by Gasteiger charge is -2.37. The van der Waals surface area contributed by atoms with Crippen molar-refractivity contribution < 1.29 is 18.4 Å². The number of halogens is 1. The molecule has 6 nitrogen and oxygen atoms in total. The second-order valence-electron chi connectivity index (χ2n) is 9.05. The van der Waals surface area contributed by atoms with Crippen LogP contribution in [-0.4, -0.2) is 53.3 Å². The van der Waals surface area contributed by atoms with Gasteiger partial charge in [-0.2, -0.15) is 0 Å². The molecule has 0 spiro atoms. The van der Waals surface area contributed by atoms with Crippen LogP contribution in [0.4, 0.5) is 4.39 Å². The highest BCUT2D eigenvalue weighted by Crippen LogP contribution is 2.37. The van der Waals surface area contributed by atoms with E-state index in [2.05, 4.69) is 16.1 Å². The number of piperidine rings is 1. The molecule has 0 saturated carbocycles. The number of amides is 1. The second-order valence-corrected chi connectivity index (χ2v) is 9.05. The van der Waals surface area contributed by atoms with Crippen LogP contribution in [0, 0.1) is 16.9 Å². The molecule has 2 aromatic rings. The van der Waals surface area contributed by atoms with Crippen molar-refractivity contribution in [3.63, 3.8) is 0 Å². The number of hydrogen-bond donors (Lipinski definition) is 0. The van der Waals surface area contributed by atoms with Crippen molar-refractivity contribution in [3.05, 3.63) is 46.6 Å². The van der Waals surface area contributed by atoms with Crippen LogP contribution in [0.3, 0.4) is 0 Å². The number of rotatable bonds is 5. The molecular formula is C23H28FN3O3. The van der Waals surface area contributed by atoms with E-state index < -0.39 is 4.65 Å². The second kappa shape index (κ2) is 7.87. The van der Waals surface area contributed by atoms with E-state index in [1.54, 1.807) is 6.07 Å². The fourth-order valence-electron chi connectivity index (χ4n) is 5.45. The Morgan fingerprint density at radius 2 is 2.10 bits per heavy atom. The topological polar surface area (TPSA) is 69.4 Å². The van der Waals surface area contributed by atoms with Crippen molar-refractivity contribution in [1.29, 1.82) is 0 Å². The summed E-state index contributed by atoms with van der Waals surface area (Å²) in [6, 6.07) is 4.58. The summed E-state index contributed by atoms with van der Waals surface area (Å²) in [6.45, 7) is 3.45. The van der Waals surface area contributed by atoms with Gasteiger partial charge in [-0.25, -0.2) is 9.18 Å². The van der Waals surface area contributed by atoms with Crippen LogP contribution >= 0.6 is 0 Å². The highest BCUT2D eigenvalue weighted by Gasteiger charge is 2.45. The number of carbonyl (C=O) groups excluding carboxylic acids is 1. The highest BCUT2D eigenvalue weighted by molar-refractivity contribution is 5.80. The zero-order valence-electron chi connectivity index (χ0n) is 17.2. The Morgan fingerprint density at radius 3 is 2.90 bits per heavy atom. The van der Waals surface area contributed by atoms with Crippen molar-refractivity contribution in [2.45, 2.75) is 44.4 Å². The van der Waals surface area contributed by atoms with Crippen molar-refractivity contribution >= 4 is 16.9 Å². The summed E-state index contributed by atoms with van der Waals surface area (Å²) in [6.07, 6.45) is 7.66. The fraction of sp³-hybridized carbons (Fsp3) is 0.565. The minimum atomic E-state index is -0.658. The predicted octanol–water partition coefficient (Wildman–Crippen LogP) is 4.12. The number of likely N-dealkylation sites (tertiary alicyclic amines) is 2. The van der Waals surface area contributed by atoms with Gasteiger partial charge < -0.3 is 14.6 Å². The van der Waals surface area contributed by atoms with E-state index in [4.69, 9.17) is 4.52 Å². The third kappa shape index (κ3) is 3.59. The van der Waals surface area contributed by atoms with Gasteiger partial charge in [0.15, 0.2) is 5.58 Å². The Bertz CT molecular complexity index is 979. The average Bonchev–Trinajstić information content (AvgIpc) is 3.27. The van der Waals surface area contributed by atoms with Crippen molar-refractivity contribution in [1.82, 2.24) is 10.1 Å². The normalized spacial score (nSPS) is 28.1. The van der Waals surface area contributed by atoms with Gasteiger partial charge in [-0.3, -0.25) is 4.65 Å². The molecule has 1 amide bonds. The summed E-state index contributed by atoms with van der Waals surface area (Å²) in [5.74, 6) is -0.237. The molecule has 30 heavy (non-hydrogen) atoms. The average molecular weight is 413 g/mol. The zero-order valence-corrected chi connectivity index (χ0v) is 17.2.